The predicted octanol–water partition coefficient (Wildman–Crippen LogP) is 3.05. The van der Waals surface area contributed by atoms with Crippen LogP contribution in [0.25, 0.3) is 0 Å². The van der Waals surface area contributed by atoms with Gasteiger partial charge in [0.1, 0.15) is 6.04 Å². The number of nitrogens with zero attached hydrogens (tertiary/aromatic N) is 1. The molecule has 0 fully saturated rings. The molecule has 108 valence electrons. The zero-order valence-corrected chi connectivity index (χ0v) is 12.2. The fourth-order valence-electron chi connectivity index (χ4n) is 2.98. The van der Waals surface area contributed by atoms with Crippen LogP contribution in [0.1, 0.15) is 30.5 Å². The summed E-state index contributed by atoms with van der Waals surface area (Å²) in [6, 6.07) is 17.2. The number of aryl methyl sites for hydroxylation is 1. The molecule has 2 aromatic carbocycles. The number of benzene rings is 2. The average Bonchev–Trinajstić information content (AvgIpc) is 2.54. The lowest BCUT2D eigenvalue weighted by molar-refractivity contribution is -0.120. The maximum absolute atomic E-state index is 12.9. The van der Waals surface area contributed by atoms with E-state index in [9.17, 15) is 4.79 Å². The van der Waals surface area contributed by atoms with Crippen LogP contribution in [-0.4, -0.2) is 11.9 Å². The first-order valence-electron chi connectivity index (χ1n) is 7.40. The van der Waals surface area contributed by atoms with Crippen LogP contribution < -0.4 is 10.6 Å². The number of fused-ring (bicyclic) bond motifs is 1. The molecular formula is C18H20N2O. The van der Waals surface area contributed by atoms with E-state index in [1.807, 2.05) is 53.4 Å². The first-order chi connectivity index (χ1) is 10.2. The van der Waals surface area contributed by atoms with Crippen LogP contribution in [0.4, 0.5) is 5.69 Å². The van der Waals surface area contributed by atoms with E-state index in [0.717, 1.165) is 24.1 Å². The molecule has 0 aromatic heterocycles. The molecule has 1 heterocycles. The smallest absolute Gasteiger partial charge is 0.248 e. The molecule has 21 heavy (non-hydrogen) atoms. The number of nitrogens with two attached hydrogens (primary N) is 1. The molecule has 0 bridgehead atoms. The van der Waals surface area contributed by atoms with Gasteiger partial charge in [-0.1, -0.05) is 48.5 Å². The fourth-order valence-corrected chi connectivity index (χ4v) is 2.98. The minimum absolute atomic E-state index is 0.0270. The van der Waals surface area contributed by atoms with Crippen LogP contribution >= 0.6 is 0 Å². The van der Waals surface area contributed by atoms with Gasteiger partial charge >= 0.3 is 0 Å². The molecule has 0 spiro atoms. The Bertz CT molecular complexity index is 639. The highest BCUT2D eigenvalue weighted by Crippen LogP contribution is 2.32. The molecule has 3 heteroatoms. The molecule has 2 atom stereocenters. The number of anilines is 1. The lowest BCUT2D eigenvalue weighted by Gasteiger charge is -2.36. The second kappa shape index (κ2) is 5.70. The zero-order valence-electron chi connectivity index (χ0n) is 12.2. The highest BCUT2D eigenvalue weighted by Gasteiger charge is 2.31. The summed E-state index contributed by atoms with van der Waals surface area (Å²) in [5.41, 5.74) is 9.29. The van der Waals surface area contributed by atoms with Gasteiger partial charge in [-0.05, 0) is 37.0 Å². The molecule has 1 unspecified atom stereocenters. The summed E-state index contributed by atoms with van der Waals surface area (Å²) in [6.07, 6.45) is 1.99. The molecule has 0 aliphatic carbocycles. The lowest BCUT2D eigenvalue weighted by Crippen LogP contribution is -2.46. The first kappa shape index (κ1) is 13.8. The molecule has 1 amide bonds. The molecule has 1 aliphatic rings. The van der Waals surface area contributed by atoms with Gasteiger partial charge in [0.15, 0.2) is 0 Å². The highest BCUT2D eigenvalue weighted by molar-refractivity contribution is 5.99. The maximum Gasteiger partial charge on any atom is 0.248 e. The Morgan fingerprint density at radius 2 is 1.81 bits per heavy atom. The van der Waals surface area contributed by atoms with Gasteiger partial charge in [-0.3, -0.25) is 4.79 Å². The molecule has 0 radical (unpaired) electrons. The molecule has 3 rings (SSSR count). The van der Waals surface area contributed by atoms with Gasteiger partial charge in [0.05, 0.1) is 0 Å². The van der Waals surface area contributed by atoms with Gasteiger partial charge in [0, 0.05) is 11.7 Å². The van der Waals surface area contributed by atoms with E-state index in [2.05, 4.69) is 13.0 Å². The average molecular weight is 280 g/mol. The van der Waals surface area contributed by atoms with Crippen molar-refractivity contribution in [3.8, 4) is 0 Å². The molecule has 1 aliphatic heterocycles. The van der Waals surface area contributed by atoms with Crippen molar-refractivity contribution in [1.29, 1.82) is 0 Å². The van der Waals surface area contributed by atoms with Gasteiger partial charge in [0.25, 0.3) is 0 Å². The summed E-state index contributed by atoms with van der Waals surface area (Å²) >= 11 is 0. The highest BCUT2D eigenvalue weighted by atomic mass is 16.2. The maximum atomic E-state index is 12.9. The third-order valence-corrected chi connectivity index (χ3v) is 4.19. The van der Waals surface area contributed by atoms with E-state index in [0.29, 0.717) is 0 Å². The molecule has 3 nitrogen and oxygen atoms in total. The molecule has 2 N–H and O–H groups in total. The Morgan fingerprint density at radius 1 is 1.14 bits per heavy atom. The number of carbonyl (C=O) groups is 1. The number of hydrogen-bond donors (Lipinski definition) is 1. The van der Waals surface area contributed by atoms with Crippen LogP contribution in [0.3, 0.4) is 0 Å². The summed E-state index contributed by atoms with van der Waals surface area (Å²) in [5.74, 6) is -0.0270. The van der Waals surface area contributed by atoms with Crippen molar-refractivity contribution in [1.82, 2.24) is 0 Å². The number of amides is 1. The molecule has 0 saturated carbocycles. The van der Waals surface area contributed by atoms with Crippen molar-refractivity contribution >= 4 is 11.6 Å². The van der Waals surface area contributed by atoms with Crippen molar-refractivity contribution in [2.24, 2.45) is 5.73 Å². The largest absolute Gasteiger partial charge is 0.316 e. The SMILES string of the molecule is CC1CCc2ccccc2N1C(=O)[C@H](N)c1ccccc1. The quantitative estimate of drug-likeness (QED) is 0.919. The second-order valence-corrected chi connectivity index (χ2v) is 5.61. The third-order valence-electron chi connectivity index (χ3n) is 4.19. The fraction of sp³-hybridized carbons (Fsp3) is 0.278. The molecule has 0 saturated heterocycles. The van der Waals surface area contributed by atoms with Gasteiger partial charge in [-0.15, -0.1) is 0 Å². The van der Waals surface area contributed by atoms with E-state index in [4.69, 9.17) is 5.73 Å². The van der Waals surface area contributed by atoms with Crippen molar-refractivity contribution in [3.63, 3.8) is 0 Å². The summed E-state index contributed by atoms with van der Waals surface area (Å²) in [5, 5.41) is 0. The Balaban J connectivity index is 1.94. The van der Waals surface area contributed by atoms with E-state index >= 15 is 0 Å². The Kier molecular flexibility index (Phi) is 3.76. The van der Waals surface area contributed by atoms with Crippen molar-refractivity contribution < 1.29 is 4.79 Å². The summed E-state index contributed by atoms with van der Waals surface area (Å²) < 4.78 is 0. The molecular weight excluding hydrogens is 260 g/mol. The van der Waals surface area contributed by atoms with Crippen LogP contribution in [0, 0.1) is 0 Å². The van der Waals surface area contributed by atoms with Crippen LogP contribution in [-0.2, 0) is 11.2 Å². The standard InChI is InChI=1S/C18H20N2O/c1-13-11-12-14-7-5-6-10-16(14)20(13)18(21)17(19)15-8-3-2-4-9-15/h2-10,13,17H,11-12,19H2,1H3/t13?,17-/m1/s1. The van der Waals surface area contributed by atoms with E-state index in [1.165, 1.54) is 5.56 Å². The number of para-hydroxylation sites is 1. The van der Waals surface area contributed by atoms with Gasteiger partial charge < -0.3 is 10.6 Å². The minimum Gasteiger partial charge on any atom is -0.316 e. The predicted molar refractivity (Wildman–Crippen MR) is 85.1 cm³/mol. The Labute approximate surface area is 125 Å². The van der Waals surface area contributed by atoms with E-state index in [1.54, 1.807) is 0 Å². The number of carbonyl (C=O) groups excluding carboxylic acids is 1. The molecule has 2 aromatic rings. The summed E-state index contributed by atoms with van der Waals surface area (Å²) in [6.45, 7) is 2.09. The topological polar surface area (TPSA) is 46.3 Å². The first-order valence-corrected chi connectivity index (χ1v) is 7.40. The Hall–Kier alpha value is -2.13. The second-order valence-electron chi connectivity index (χ2n) is 5.61. The van der Waals surface area contributed by atoms with Gasteiger partial charge in [-0.25, -0.2) is 0 Å². The normalized spacial score (nSPS) is 19.0. The summed E-state index contributed by atoms with van der Waals surface area (Å²) in [4.78, 5) is 14.7. The minimum atomic E-state index is -0.611. The van der Waals surface area contributed by atoms with Crippen LogP contribution in [0.15, 0.2) is 54.6 Å². The lowest BCUT2D eigenvalue weighted by atomic mass is 9.95. The summed E-state index contributed by atoms with van der Waals surface area (Å²) in [7, 11) is 0. The van der Waals surface area contributed by atoms with E-state index < -0.39 is 6.04 Å². The number of hydrogen-bond acceptors (Lipinski definition) is 2. The van der Waals surface area contributed by atoms with Crippen molar-refractivity contribution in [2.75, 3.05) is 4.90 Å². The number of rotatable bonds is 2. The monoisotopic (exact) mass is 280 g/mol. The van der Waals surface area contributed by atoms with Crippen LogP contribution in [0.5, 0.6) is 0 Å². The van der Waals surface area contributed by atoms with Crippen LogP contribution in [0.2, 0.25) is 0 Å². The van der Waals surface area contributed by atoms with Crippen molar-refractivity contribution in [3.05, 3.63) is 65.7 Å². The third kappa shape index (κ3) is 2.57. The van der Waals surface area contributed by atoms with Crippen molar-refractivity contribution in [2.45, 2.75) is 31.8 Å². The Morgan fingerprint density at radius 3 is 2.57 bits per heavy atom. The zero-order chi connectivity index (χ0) is 14.8. The van der Waals surface area contributed by atoms with Gasteiger partial charge in [-0.2, -0.15) is 0 Å². The van der Waals surface area contributed by atoms with E-state index in [-0.39, 0.29) is 11.9 Å². The van der Waals surface area contributed by atoms with Gasteiger partial charge in [0.2, 0.25) is 5.91 Å².